The predicted octanol–water partition coefficient (Wildman–Crippen LogP) is 4.11. The Morgan fingerprint density at radius 3 is 3.14 bits per heavy atom. The summed E-state index contributed by atoms with van der Waals surface area (Å²) in [4.78, 5) is 6.13. The van der Waals surface area contributed by atoms with E-state index in [0.29, 0.717) is 17.9 Å². The molecule has 2 heterocycles. The summed E-state index contributed by atoms with van der Waals surface area (Å²) in [5.41, 5.74) is 4.30. The Bertz CT molecular complexity index is 668. The highest BCUT2D eigenvalue weighted by atomic mass is 32.2. The Morgan fingerprint density at radius 2 is 2.32 bits per heavy atom. The minimum atomic E-state index is 0.596. The molecular formula is C18H24N2OS. The van der Waals surface area contributed by atoms with Gasteiger partial charge in [-0.1, -0.05) is 19.1 Å². The number of piperidine rings is 1. The molecule has 2 aliphatic rings. The first-order valence-corrected chi connectivity index (χ1v) is 9.35. The smallest absolute Gasteiger partial charge is 0.0459 e. The van der Waals surface area contributed by atoms with Crippen molar-refractivity contribution in [1.29, 1.82) is 0 Å². The van der Waals surface area contributed by atoms with Gasteiger partial charge in [-0.2, -0.15) is 0 Å². The van der Waals surface area contributed by atoms with E-state index < -0.39 is 0 Å². The minimum Gasteiger partial charge on any atom is -0.361 e. The third-order valence-electron chi connectivity index (χ3n) is 5.48. The summed E-state index contributed by atoms with van der Waals surface area (Å²) in [5, 5.41) is 1.47. The van der Waals surface area contributed by atoms with Crippen LogP contribution in [0.4, 0.5) is 0 Å². The van der Waals surface area contributed by atoms with Gasteiger partial charge in [0.25, 0.3) is 0 Å². The van der Waals surface area contributed by atoms with E-state index in [9.17, 15) is 4.55 Å². The fourth-order valence-electron chi connectivity index (χ4n) is 4.67. The van der Waals surface area contributed by atoms with Gasteiger partial charge in [0.15, 0.2) is 0 Å². The standard InChI is InChI=1S/C18H24N2OS/c1-2-6-20-10-12(11-22-21)7-15-14-4-3-5-16-18(14)13(9-19-16)8-17(15)20/h3-5,9,12,15,17,19,21H,2,6-8,10-11H2,1H3/t12-,15?,17-/m1/s1. The average Bonchev–Trinajstić information content (AvgIpc) is 2.94. The van der Waals surface area contributed by atoms with Crippen molar-refractivity contribution in [3.8, 4) is 0 Å². The third-order valence-corrected chi connectivity index (χ3v) is 6.10. The van der Waals surface area contributed by atoms with Crippen molar-refractivity contribution in [3.63, 3.8) is 0 Å². The monoisotopic (exact) mass is 316 g/mol. The minimum absolute atomic E-state index is 0.596. The van der Waals surface area contributed by atoms with Crippen LogP contribution in [0.25, 0.3) is 10.9 Å². The lowest BCUT2D eigenvalue weighted by Crippen LogP contribution is -2.50. The Labute approximate surface area is 136 Å². The molecule has 3 nitrogen and oxygen atoms in total. The summed E-state index contributed by atoms with van der Waals surface area (Å²) >= 11 is 1.01. The van der Waals surface area contributed by atoms with Crippen molar-refractivity contribution in [1.82, 2.24) is 9.88 Å². The normalized spacial score (nSPS) is 28.0. The SMILES string of the molecule is CCCN1C[C@H](CSO)CC2c3cccc4[nH]cc(c34)C[C@H]21. The van der Waals surface area contributed by atoms with E-state index in [1.54, 1.807) is 0 Å². The van der Waals surface area contributed by atoms with Crippen LogP contribution in [0.15, 0.2) is 24.4 Å². The zero-order valence-electron chi connectivity index (χ0n) is 13.1. The van der Waals surface area contributed by atoms with Crippen molar-refractivity contribution < 1.29 is 4.55 Å². The number of benzene rings is 1. The van der Waals surface area contributed by atoms with E-state index in [4.69, 9.17) is 0 Å². The van der Waals surface area contributed by atoms with Gasteiger partial charge in [-0.3, -0.25) is 4.90 Å². The van der Waals surface area contributed by atoms with Crippen LogP contribution in [-0.4, -0.2) is 39.3 Å². The zero-order valence-corrected chi connectivity index (χ0v) is 13.9. The molecule has 1 aromatic carbocycles. The molecule has 3 atom stereocenters. The number of likely N-dealkylation sites (tertiary alicyclic amines) is 1. The van der Waals surface area contributed by atoms with Crippen LogP contribution in [0.3, 0.4) is 0 Å². The molecule has 0 saturated carbocycles. The van der Waals surface area contributed by atoms with Crippen molar-refractivity contribution >= 4 is 22.9 Å². The van der Waals surface area contributed by atoms with E-state index in [1.807, 2.05) is 0 Å². The molecule has 0 spiro atoms. The van der Waals surface area contributed by atoms with Crippen LogP contribution >= 0.6 is 12.0 Å². The van der Waals surface area contributed by atoms with E-state index >= 15 is 0 Å². The molecule has 1 aromatic heterocycles. The first kappa shape index (κ1) is 14.6. The highest BCUT2D eigenvalue weighted by Crippen LogP contribution is 2.45. The summed E-state index contributed by atoms with van der Waals surface area (Å²) in [7, 11) is 0. The molecule has 0 radical (unpaired) electrons. The maximum Gasteiger partial charge on any atom is 0.0459 e. The first-order chi connectivity index (χ1) is 10.8. The van der Waals surface area contributed by atoms with Gasteiger partial charge in [-0.05, 0) is 61.0 Å². The Kier molecular flexibility index (Phi) is 3.93. The van der Waals surface area contributed by atoms with Crippen LogP contribution in [-0.2, 0) is 6.42 Å². The highest BCUT2D eigenvalue weighted by molar-refractivity contribution is 7.93. The largest absolute Gasteiger partial charge is 0.361 e. The molecule has 0 bridgehead atoms. The number of H-pyrrole nitrogens is 1. The van der Waals surface area contributed by atoms with Gasteiger partial charge in [0.2, 0.25) is 0 Å². The predicted molar refractivity (Wildman–Crippen MR) is 93.6 cm³/mol. The summed E-state index contributed by atoms with van der Waals surface area (Å²) in [6, 6.07) is 7.34. The molecule has 1 saturated heterocycles. The topological polar surface area (TPSA) is 39.3 Å². The van der Waals surface area contributed by atoms with Crippen LogP contribution in [0, 0.1) is 5.92 Å². The van der Waals surface area contributed by atoms with Gasteiger partial charge < -0.3 is 9.54 Å². The Balaban J connectivity index is 1.75. The Morgan fingerprint density at radius 1 is 1.41 bits per heavy atom. The third kappa shape index (κ3) is 2.29. The maximum absolute atomic E-state index is 9.30. The van der Waals surface area contributed by atoms with Crippen molar-refractivity contribution in [2.24, 2.45) is 5.92 Å². The fourth-order valence-corrected chi connectivity index (χ4v) is 5.12. The van der Waals surface area contributed by atoms with Crippen LogP contribution in [0.1, 0.15) is 36.8 Å². The van der Waals surface area contributed by atoms with Gasteiger partial charge in [-0.25, -0.2) is 0 Å². The molecule has 118 valence electrons. The van der Waals surface area contributed by atoms with Gasteiger partial charge in [-0.15, -0.1) is 0 Å². The van der Waals surface area contributed by atoms with Gasteiger partial charge in [0, 0.05) is 41.4 Å². The number of rotatable bonds is 4. The average molecular weight is 316 g/mol. The van der Waals surface area contributed by atoms with Gasteiger partial charge >= 0.3 is 0 Å². The van der Waals surface area contributed by atoms with Gasteiger partial charge in [0.1, 0.15) is 0 Å². The zero-order chi connectivity index (χ0) is 15.1. The molecule has 2 aromatic rings. The second-order valence-electron chi connectivity index (χ2n) is 6.85. The molecule has 2 N–H and O–H groups in total. The van der Waals surface area contributed by atoms with Crippen molar-refractivity contribution in [2.75, 3.05) is 18.8 Å². The quantitative estimate of drug-likeness (QED) is 0.834. The lowest BCUT2D eigenvalue weighted by atomic mass is 9.72. The molecule has 4 heteroatoms. The summed E-state index contributed by atoms with van der Waals surface area (Å²) < 4.78 is 9.30. The van der Waals surface area contributed by atoms with Crippen molar-refractivity contribution in [2.45, 2.75) is 38.1 Å². The second kappa shape index (κ2) is 5.91. The number of nitrogens with one attached hydrogen (secondary N) is 1. The molecule has 1 fully saturated rings. The number of aromatic amines is 1. The van der Waals surface area contributed by atoms with E-state index in [0.717, 1.165) is 24.3 Å². The fraction of sp³-hybridized carbons (Fsp3) is 0.556. The lowest BCUT2D eigenvalue weighted by molar-refractivity contribution is 0.0923. The first-order valence-electron chi connectivity index (χ1n) is 8.41. The molecule has 4 rings (SSSR count). The highest BCUT2D eigenvalue weighted by Gasteiger charge is 2.40. The van der Waals surface area contributed by atoms with Gasteiger partial charge in [0.05, 0.1) is 0 Å². The van der Waals surface area contributed by atoms with Crippen molar-refractivity contribution in [3.05, 3.63) is 35.5 Å². The molecule has 1 aliphatic carbocycles. The molecule has 22 heavy (non-hydrogen) atoms. The molecular weight excluding hydrogens is 292 g/mol. The van der Waals surface area contributed by atoms with Crippen LogP contribution in [0.2, 0.25) is 0 Å². The maximum atomic E-state index is 9.30. The summed E-state index contributed by atoms with van der Waals surface area (Å²) in [6.45, 7) is 4.58. The lowest BCUT2D eigenvalue weighted by Gasteiger charge is -2.47. The van der Waals surface area contributed by atoms with Crippen LogP contribution < -0.4 is 0 Å². The molecule has 1 unspecified atom stereocenters. The van der Waals surface area contributed by atoms with Crippen LogP contribution in [0.5, 0.6) is 0 Å². The Hall–Kier alpha value is -0.970. The van der Waals surface area contributed by atoms with E-state index in [1.165, 1.54) is 47.8 Å². The molecule has 1 aliphatic heterocycles. The number of hydrogen-bond acceptors (Lipinski definition) is 3. The van der Waals surface area contributed by atoms with E-state index in [-0.39, 0.29) is 0 Å². The summed E-state index contributed by atoms with van der Waals surface area (Å²) in [5.74, 6) is 2.07. The summed E-state index contributed by atoms with van der Waals surface area (Å²) in [6.07, 6.45) is 5.79. The number of nitrogens with zero attached hydrogens (tertiary/aromatic N) is 1. The number of aromatic nitrogens is 1. The van der Waals surface area contributed by atoms with E-state index in [2.05, 4.69) is 41.2 Å². The number of fused-ring (bicyclic) bond motifs is 2. The molecule has 0 amide bonds. The number of hydrogen-bond donors (Lipinski definition) is 2. The second-order valence-corrected chi connectivity index (χ2v) is 7.45.